The van der Waals surface area contributed by atoms with Crippen molar-refractivity contribution in [1.82, 2.24) is 54.7 Å². The maximum atomic E-state index is 12.8. The highest BCUT2D eigenvalue weighted by molar-refractivity contribution is 8.00. The summed E-state index contributed by atoms with van der Waals surface area (Å²) in [6, 6.07) is 29.9. The first-order valence-electron chi connectivity index (χ1n) is 16.7. The maximum absolute atomic E-state index is 12.8. The largest absolute Gasteiger partial charge is 0.411 e. The van der Waals surface area contributed by atoms with E-state index in [9.17, 15) is 9.59 Å². The summed E-state index contributed by atoms with van der Waals surface area (Å²) in [6.45, 7) is 0. The van der Waals surface area contributed by atoms with E-state index in [0.29, 0.717) is 45.2 Å². The summed E-state index contributed by atoms with van der Waals surface area (Å²) in [5, 5.41) is 15.7. The Bertz CT molecular complexity index is 3080. The molecule has 10 rings (SSSR count). The van der Waals surface area contributed by atoms with Gasteiger partial charge in [0.25, 0.3) is 16.3 Å². The first kappa shape index (κ1) is 33.4. The standard InChI is InChI=1S/C37H24ClN11O3S3/c38-23-13-14-28-32(43-37(55-28)54-18-22-16-30(51)49(47-22)35-41-26-7-3-4-8-27(26)42-35)31(23)19-9-11-20(12-10-19)33-44-45-36(52-33)53-17-21-15-29(50)48(46-21)34-39-24-5-1-2-6-25(24)40-34/h1-16,46-47H,17-18H2,(H,39,40)(H,41,42). The minimum atomic E-state index is -0.228. The van der Waals surface area contributed by atoms with Gasteiger partial charge in [0.2, 0.25) is 17.8 Å². The van der Waals surface area contributed by atoms with E-state index in [-0.39, 0.29) is 11.1 Å². The lowest BCUT2D eigenvalue weighted by molar-refractivity contribution is 0.466. The van der Waals surface area contributed by atoms with Gasteiger partial charge in [0.1, 0.15) is 0 Å². The van der Waals surface area contributed by atoms with Crippen LogP contribution in [-0.4, -0.2) is 54.7 Å². The van der Waals surface area contributed by atoms with Crippen molar-refractivity contribution in [2.45, 2.75) is 21.1 Å². The van der Waals surface area contributed by atoms with E-state index in [1.807, 2.05) is 84.9 Å². The Labute approximate surface area is 326 Å². The number of hydrogen-bond acceptors (Lipinski definition) is 11. The maximum Gasteiger partial charge on any atom is 0.277 e. The molecular formula is C37H24ClN11O3S3. The molecular weight excluding hydrogens is 778 g/mol. The Morgan fingerprint density at radius 1 is 0.691 bits per heavy atom. The number of rotatable bonds is 10. The lowest BCUT2D eigenvalue weighted by Gasteiger charge is -2.06. The van der Waals surface area contributed by atoms with Gasteiger partial charge in [-0.05, 0) is 54.1 Å². The van der Waals surface area contributed by atoms with Gasteiger partial charge in [-0.25, -0.2) is 15.0 Å². The average molecular weight is 802 g/mol. The van der Waals surface area contributed by atoms with Gasteiger partial charge in [-0.15, -0.1) is 21.5 Å². The van der Waals surface area contributed by atoms with Crippen LogP contribution >= 0.6 is 46.5 Å². The van der Waals surface area contributed by atoms with Gasteiger partial charge in [-0.1, -0.05) is 71.5 Å². The summed E-state index contributed by atoms with van der Waals surface area (Å²) in [5.41, 5.74) is 7.51. The van der Waals surface area contributed by atoms with Gasteiger partial charge < -0.3 is 14.4 Å². The molecule has 55 heavy (non-hydrogen) atoms. The lowest BCUT2D eigenvalue weighted by atomic mass is 10.0. The second kappa shape index (κ2) is 13.6. The van der Waals surface area contributed by atoms with Crippen LogP contribution in [0.1, 0.15) is 11.4 Å². The quantitative estimate of drug-likeness (QED) is 0.0990. The highest BCUT2D eigenvalue weighted by Crippen LogP contribution is 2.40. The van der Waals surface area contributed by atoms with E-state index in [1.54, 1.807) is 17.4 Å². The molecule has 0 atom stereocenters. The zero-order chi connectivity index (χ0) is 37.0. The first-order chi connectivity index (χ1) is 26.9. The zero-order valence-electron chi connectivity index (χ0n) is 28.1. The summed E-state index contributed by atoms with van der Waals surface area (Å²) >= 11 is 11.2. The van der Waals surface area contributed by atoms with Crippen molar-refractivity contribution in [1.29, 1.82) is 0 Å². The Balaban J connectivity index is 0.823. The fourth-order valence-corrected chi connectivity index (χ4v) is 9.07. The molecule has 0 aliphatic heterocycles. The topological polar surface area (TPSA) is 185 Å². The fourth-order valence-electron chi connectivity index (χ4n) is 6.17. The molecule has 0 radical (unpaired) electrons. The lowest BCUT2D eigenvalue weighted by Crippen LogP contribution is -2.14. The van der Waals surface area contributed by atoms with E-state index >= 15 is 0 Å². The molecule has 0 aliphatic rings. The molecule has 4 N–H and O–H groups in total. The molecule has 6 aromatic heterocycles. The van der Waals surface area contributed by atoms with Gasteiger partial charge in [0, 0.05) is 46.2 Å². The van der Waals surface area contributed by atoms with Crippen LogP contribution in [0.3, 0.4) is 0 Å². The number of H-pyrrole nitrogens is 4. The number of aromatic nitrogens is 11. The molecule has 0 saturated carbocycles. The molecule has 6 heterocycles. The van der Waals surface area contributed by atoms with Crippen molar-refractivity contribution in [3.63, 3.8) is 0 Å². The number of nitrogens with zero attached hydrogens (tertiary/aromatic N) is 7. The second-order valence-corrected chi connectivity index (χ2v) is 15.9. The van der Waals surface area contributed by atoms with Crippen LogP contribution in [0, 0.1) is 0 Å². The molecule has 270 valence electrons. The number of fused-ring (bicyclic) bond motifs is 3. The number of para-hydroxylation sites is 4. The predicted molar refractivity (Wildman–Crippen MR) is 215 cm³/mol. The highest BCUT2D eigenvalue weighted by Gasteiger charge is 2.18. The normalized spacial score (nSPS) is 11.8. The molecule has 0 aliphatic carbocycles. The molecule has 0 saturated heterocycles. The van der Waals surface area contributed by atoms with Crippen molar-refractivity contribution >= 4 is 78.7 Å². The second-order valence-electron chi connectivity index (χ2n) is 12.3. The van der Waals surface area contributed by atoms with Crippen molar-refractivity contribution in [3.05, 3.63) is 134 Å². The molecule has 0 bridgehead atoms. The molecule has 0 spiro atoms. The summed E-state index contributed by atoms with van der Waals surface area (Å²) in [7, 11) is 0. The molecule has 10 aromatic rings. The number of thiazole rings is 1. The summed E-state index contributed by atoms with van der Waals surface area (Å²) in [5.74, 6) is 2.14. The SMILES string of the molecule is O=c1cc(CSc2nnc(-c3ccc(-c4c(Cl)ccc5sc(SCc6cc(=O)n(-c7nc8ccccc8[nH]7)[nH]6)nc45)cc3)o2)[nH]n1-c1nc2ccccc2[nH]1. The number of hydrogen-bond donors (Lipinski definition) is 4. The Morgan fingerprint density at radius 2 is 1.29 bits per heavy atom. The van der Waals surface area contributed by atoms with E-state index < -0.39 is 0 Å². The number of aromatic amines is 4. The van der Waals surface area contributed by atoms with Crippen LogP contribution in [0.5, 0.6) is 0 Å². The third-order valence-corrected chi connectivity index (χ3v) is 12.1. The Kier molecular flexibility index (Phi) is 8.28. The molecule has 4 aromatic carbocycles. The number of imidazole rings is 2. The fraction of sp³-hybridized carbons (Fsp3) is 0.0541. The first-order valence-corrected chi connectivity index (χ1v) is 19.9. The van der Waals surface area contributed by atoms with Crippen LogP contribution < -0.4 is 11.1 Å². The van der Waals surface area contributed by atoms with Crippen LogP contribution in [0.4, 0.5) is 0 Å². The van der Waals surface area contributed by atoms with Gasteiger partial charge in [-0.3, -0.25) is 19.8 Å². The number of halogens is 1. The van der Waals surface area contributed by atoms with Crippen molar-refractivity contribution in [3.8, 4) is 34.5 Å². The molecule has 18 heteroatoms. The average Bonchev–Trinajstić information content (AvgIpc) is 4.05. The minimum Gasteiger partial charge on any atom is -0.411 e. The Hall–Kier alpha value is -6.14. The zero-order valence-corrected chi connectivity index (χ0v) is 31.3. The van der Waals surface area contributed by atoms with Crippen LogP contribution in [0.25, 0.3) is 66.8 Å². The van der Waals surface area contributed by atoms with Crippen molar-refractivity contribution in [2.75, 3.05) is 0 Å². The summed E-state index contributed by atoms with van der Waals surface area (Å²) in [4.78, 5) is 45.8. The van der Waals surface area contributed by atoms with Crippen LogP contribution in [-0.2, 0) is 11.5 Å². The summed E-state index contributed by atoms with van der Waals surface area (Å²) < 4.78 is 10.6. The smallest absolute Gasteiger partial charge is 0.277 e. The van der Waals surface area contributed by atoms with Gasteiger partial charge >= 0.3 is 0 Å². The third-order valence-electron chi connectivity index (χ3n) is 8.74. The van der Waals surface area contributed by atoms with Gasteiger partial charge in [0.05, 0.1) is 37.3 Å². The molecule has 0 fully saturated rings. The Morgan fingerprint density at radius 3 is 1.93 bits per heavy atom. The molecule has 0 amide bonds. The monoisotopic (exact) mass is 801 g/mol. The van der Waals surface area contributed by atoms with Gasteiger partial charge in [-0.2, -0.15) is 9.36 Å². The minimum absolute atomic E-state index is 0.198. The highest BCUT2D eigenvalue weighted by atomic mass is 35.5. The van der Waals surface area contributed by atoms with E-state index in [0.717, 1.165) is 59.0 Å². The number of thioether (sulfide) groups is 2. The summed E-state index contributed by atoms with van der Waals surface area (Å²) in [6.07, 6.45) is 0. The molecule has 0 unspecified atom stereocenters. The van der Waals surface area contributed by atoms with Crippen molar-refractivity contribution < 1.29 is 4.42 Å². The third kappa shape index (κ3) is 6.35. The predicted octanol–water partition coefficient (Wildman–Crippen LogP) is 7.96. The van der Waals surface area contributed by atoms with Crippen molar-refractivity contribution in [2.24, 2.45) is 0 Å². The van der Waals surface area contributed by atoms with E-state index in [4.69, 9.17) is 21.0 Å². The van der Waals surface area contributed by atoms with Gasteiger partial charge in [0.15, 0.2) is 4.34 Å². The van der Waals surface area contributed by atoms with Crippen LogP contribution in [0.15, 0.2) is 121 Å². The number of nitrogens with one attached hydrogen (secondary N) is 4. The number of benzene rings is 4. The van der Waals surface area contributed by atoms with E-state index in [1.165, 1.54) is 39.0 Å². The van der Waals surface area contributed by atoms with Crippen LogP contribution in [0.2, 0.25) is 5.02 Å². The van der Waals surface area contributed by atoms with E-state index in [2.05, 4.69) is 40.3 Å². The molecule has 14 nitrogen and oxygen atoms in total.